The molecule has 11 N–H and O–H groups in total. The van der Waals surface area contributed by atoms with Crippen LogP contribution in [0.15, 0.2) is 31.6 Å². The summed E-state index contributed by atoms with van der Waals surface area (Å²) in [6.45, 7) is 0. The standard InChI is InChI=1S/2C4H3ClN2O2.Cu.2H3N.H2O/c2*5-2-1-6-4(9)7-3(2)8;;;;/h2*1H,(H2,6,7,8,9);;2*1H3;1H2/p-1. The van der Waals surface area contributed by atoms with Crippen molar-refractivity contribution in [1.29, 1.82) is 0 Å². The number of hydrogen-bond donors (Lipinski definition) is 4. The second kappa shape index (κ2) is 13.0. The molecule has 14 heteroatoms. The molecule has 0 bridgehead atoms. The zero-order chi connectivity index (χ0) is 13.7. The van der Waals surface area contributed by atoms with E-state index < -0.39 is 22.5 Å². The zero-order valence-electron chi connectivity index (χ0n) is 10.7. The van der Waals surface area contributed by atoms with Crippen molar-refractivity contribution < 1.29 is 22.5 Å². The van der Waals surface area contributed by atoms with Gasteiger partial charge in [0.25, 0.3) is 0 Å². The normalized spacial score (nSPS) is 7.73. The Hall–Kier alpha value is -1.66. The predicted molar refractivity (Wildman–Crippen MR) is 78.2 cm³/mol. The first-order chi connectivity index (χ1) is 8.40. The van der Waals surface area contributed by atoms with E-state index in [-0.39, 0.29) is 44.9 Å². The molecule has 0 saturated heterocycles. The Labute approximate surface area is 142 Å². The summed E-state index contributed by atoms with van der Waals surface area (Å²) in [5.41, 5.74) is -2.55. The van der Waals surface area contributed by atoms with Gasteiger partial charge in [0, 0.05) is 17.1 Å². The number of H-pyrrole nitrogens is 2. The van der Waals surface area contributed by atoms with Gasteiger partial charge in [-0.1, -0.05) is 35.6 Å². The fourth-order valence-corrected chi connectivity index (χ4v) is 0.918. The van der Waals surface area contributed by atoms with E-state index >= 15 is 0 Å². The first kappa shape index (κ1) is 28.5. The molecule has 11 nitrogen and oxygen atoms in total. The third-order valence-electron chi connectivity index (χ3n) is 1.47. The van der Waals surface area contributed by atoms with Crippen LogP contribution < -0.4 is 44.8 Å². The maximum absolute atomic E-state index is 10.4. The Morgan fingerprint density at radius 2 is 1.05 bits per heavy atom. The van der Waals surface area contributed by atoms with Gasteiger partial charge in [0.2, 0.25) is 0 Å². The van der Waals surface area contributed by atoms with Crippen LogP contribution in [0.25, 0.3) is 0 Å². The molecule has 0 aromatic carbocycles. The van der Waals surface area contributed by atoms with E-state index in [1.165, 1.54) is 0 Å². The molecule has 2 rings (SSSR count). The van der Waals surface area contributed by atoms with Crippen LogP contribution in [0.2, 0.25) is 10.0 Å². The Balaban J connectivity index is -0.000000125. The summed E-state index contributed by atoms with van der Waals surface area (Å²) < 4.78 is 0. The third-order valence-corrected chi connectivity index (χ3v) is 2.00. The summed E-state index contributed by atoms with van der Waals surface area (Å²) in [5.74, 6) is 0. The molecule has 131 valence electrons. The molecule has 0 saturated carbocycles. The molecule has 0 amide bonds. The minimum absolute atomic E-state index is 0. The number of nitrogens with one attached hydrogen (secondary N) is 2. The number of nitrogens with zero attached hydrogens (tertiary/aromatic N) is 2. The van der Waals surface area contributed by atoms with Crippen molar-refractivity contribution in [1.82, 2.24) is 32.2 Å². The summed E-state index contributed by atoms with van der Waals surface area (Å²) in [7, 11) is 0. The van der Waals surface area contributed by atoms with Gasteiger partial charge in [-0.15, -0.1) is 0 Å². The van der Waals surface area contributed by atoms with Crippen LogP contribution in [-0.2, 0) is 22.5 Å². The molecule has 0 fully saturated rings. The quantitative estimate of drug-likeness (QED) is 0.283. The Morgan fingerprint density at radius 1 is 0.773 bits per heavy atom. The van der Waals surface area contributed by atoms with Crippen LogP contribution in [0, 0.1) is 0 Å². The Kier molecular flexibility index (Phi) is 16.9. The van der Waals surface area contributed by atoms with Crippen LogP contribution in [0.1, 0.15) is 0 Å². The van der Waals surface area contributed by atoms with E-state index in [0.717, 1.165) is 12.4 Å². The maximum Gasteiger partial charge on any atom is 0.189 e. The second-order valence-electron chi connectivity index (χ2n) is 2.73. The molecule has 0 spiro atoms. The molecule has 0 unspecified atom stereocenters. The third kappa shape index (κ3) is 9.31. The Bertz CT molecular complexity index is 703. The van der Waals surface area contributed by atoms with Crippen molar-refractivity contribution in [3.05, 3.63) is 64.1 Å². The summed E-state index contributed by atoms with van der Waals surface area (Å²) in [6, 6.07) is 0. The van der Waals surface area contributed by atoms with Gasteiger partial charge in [-0.05, 0) is 0 Å². The average Bonchev–Trinajstić information content (AvgIpc) is 2.30. The van der Waals surface area contributed by atoms with E-state index in [2.05, 4.69) is 9.97 Å². The molecule has 0 aliphatic carbocycles. The van der Waals surface area contributed by atoms with E-state index in [1.807, 2.05) is 9.97 Å². The van der Waals surface area contributed by atoms with Crippen LogP contribution in [0.4, 0.5) is 0 Å². The fraction of sp³-hybridized carbons (Fsp3) is 0. The molecule has 1 radical (unpaired) electrons. The van der Waals surface area contributed by atoms with Gasteiger partial charge in [-0.25, -0.2) is 0 Å². The van der Waals surface area contributed by atoms with Gasteiger partial charge in [0.15, 0.2) is 22.5 Å². The van der Waals surface area contributed by atoms with Gasteiger partial charge in [0.1, 0.15) is 0 Å². The molecule has 0 atom stereocenters. The van der Waals surface area contributed by atoms with E-state index in [0.29, 0.717) is 0 Å². The smallest absolute Gasteiger partial charge is 0.189 e. The summed E-state index contributed by atoms with van der Waals surface area (Å²) in [4.78, 5) is 51.4. The summed E-state index contributed by atoms with van der Waals surface area (Å²) >= 11 is 10.5. The maximum atomic E-state index is 10.4. The molecule has 2 aromatic rings. The van der Waals surface area contributed by atoms with Crippen molar-refractivity contribution in [2.45, 2.75) is 0 Å². The van der Waals surface area contributed by atoms with E-state index in [4.69, 9.17) is 23.2 Å². The first-order valence-corrected chi connectivity index (χ1v) is 4.99. The van der Waals surface area contributed by atoms with Gasteiger partial charge in [-0.2, -0.15) is 0 Å². The van der Waals surface area contributed by atoms with E-state index in [9.17, 15) is 19.2 Å². The largest absolute Gasteiger partial charge is 0.457 e. The molecule has 22 heavy (non-hydrogen) atoms. The topological polar surface area (TPSA) is 231 Å². The number of aromatic amines is 2. The zero-order valence-corrected chi connectivity index (χ0v) is 13.2. The van der Waals surface area contributed by atoms with Gasteiger partial charge >= 0.3 is 0 Å². The van der Waals surface area contributed by atoms with Crippen molar-refractivity contribution >= 4 is 23.2 Å². The monoisotopic (exact) mass is 406 g/mol. The fourth-order valence-electron chi connectivity index (χ4n) is 0.726. The average molecular weight is 408 g/mol. The van der Waals surface area contributed by atoms with Crippen molar-refractivity contribution in [2.75, 3.05) is 0 Å². The van der Waals surface area contributed by atoms with Gasteiger partial charge in [0.05, 0.1) is 10.0 Å². The minimum atomic E-state index is -0.676. The number of hydrogen-bond acceptors (Lipinski definition) is 6. The Morgan fingerprint density at radius 3 is 1.23 bits per heavy atom. The van der Waals surface area contributed by atoms with Gasteiger partial charge < -0.3 is 37.7 Å². The van der Waals surface area contributed by atoms with Crippen LogP contribution in [-0.4, -0.2) is 9.97 Å². The second-order valence-corrected chi connectivity index (χ2v) is 3.55. The predicted octanol–water partition coefficient (Wildman–Crippen LogP) is -1.91. The van der Waals surface area contributed by atoms with Crippen molar-refractivity contribution in [2.24, 2.45) is 0 Å². The van der Waals surface area contributed by atoms with E-state index in [1.54, 1.807) is 0 Å². The van der Waals surface area contributed by atoms with Crippen LogP contribution in [0.5, 0.6) is 0 Å². The number of aromatic nitrogens is 4. The molecule has 2 aromatic heterocycles. The molecular formula is C8H13Cl2CuN6O5-. The SMILES string of the molecule is N.N.O=c1[n-]cc(Cl)c(=O)[nH]1.O=c1[n-]cc(Cl)c(=O)[nH]1.[Cu].[OH3+]. The van der Waals surface area contributed by atoms with Gasteiger partial charge in [-0.3, -0.25) is 19.2 Å². The molecule has 2 heterocycles. The van der Waals surface area contributed by atoms with Crippen LogP contribution >= 0.6 is 23.2 Å². The number of rotatable bonds is 0. The van der Waals surface area contributed by atoms with Crippen molar-refractivity contribution in [3.8, 4) is 0 Å². The minimum Gasteiger partial charge on any atom is -0.457 e. The molecular weight excluding hydrogens is 395 g/mol. The molecule has 0 aliphatic rings. The van der Waals surface area contributed by atoms with Crippen LogP contribution in [0.3, 0.4) is 0 Å². The summed E-state index contributed by atoms with van der Waals surface area (Å²) in [6.07, 6.45) is 2.03. The molecule has 0 aliphatic heterocycles. The van der Waals surface area contributed by atoms with Crippen molar-refractivity contribution in [3.63, 3.8) is 0 Å². The number of halogens is 2. The first-order valence-electron chi connectivity index (χ1n) is 4.24. The summed E-state index contributed by atoms with van der Waals surface area (Å²) in [5, 5.41) is -0.149.